The molecule has 1 radical (unpaired) electrons. The maximum absolute atomic E-state index is 2.42. The van der Waals surface area contributed by atoms with Gasteiger partial charge < -0.3 is 0 Å². The first-order valence-electron chi connectivity index (χ1n) is 12.1. The molecule has 0 atom stereocenters. The van der Waals surface area contributed by atoms with Crippen LogP contribution in [-0.4, -0.2) is 8.80 Å². The number of hydrogen-bond acceptors (Lipinski definition) is 0. The molecule has 0 nitrogen and oxygen atoms in total. The molecule has 0 fully saturated rings. The first-order valence-corrected chi connectivity index (χ1v) is 14.7. The van der Waals surface area contributed by atoms with E-state index < -0.39 is 0 Å². The molecule has 33 heavy (non-hydrogen) atoms. The number of aryl methyl sites for hydroxylation is 3. The van der Waals surface area contributed by atoms with Crippen molar-refractivity contribution in [3.63, 3.8) is 0 Å². The minimum Gasteiger partial charge on any atom is -0.165 e. The Balaban J connectivity index is 0.000000205. The Morgan fingerprint density at radius 3 is 2.06 bits per heavy atom. The average Bonchev–Trinajstić information content (AvgIpc) is 3.41. The third-order valence-electron chi connectivity index (χ3n) is 7.83. The quantitative estimate of drug-likeness (QED) is 0.229. The van der Waals surface area contributed by atoms with Crippen LogP contribution >= 0.6 is 0 Å². The number of hydrogen-bond donors (Lipinski definition) is 0. The van der Waals surface area contributed by atoms with E-state index in [9.17, 15) is 0 Å². The van der Waals surface area contributed by atoms with Crippen LogP contribution in [0, 0.1) is 13.8 Å². The second-order valence-corrected chi connectivity index (χ2v) is 13.0. The molecule has 2 aliphatic carbocycles. The topological polar surface area (TPSA) is 0 Å². The van der Waals surface area contributed by atoms with Crippen LogP contribution in [0.4, 0.5) is 0 Å². The molecule has 0 aliphatic heterocycles. The second kappa shape index (κ2) is 10.5. The maximum atomic E-state index is 2.42. The van der Waals surface area contributed by atoms with E-state index in [1.165, 1.54) is 52.3 Å². The number of benzene rings is 2. The molecule has 2 heteroatoms. The summed E-state index contributed by atoms with van der Waals surface area (Å²) in [4.78, 5) is 0. The molecule has 0 unspecified atom stereocenters. The molecule has 3 aromatic rings. The summed E-state index contributed by atoms with van der Waals surface area (Å²) in [5.41, 5.74) is 16.0. The van der Waals surface area contributed by atoms with Gasteiger partial charge in [-0.05, 0) is 81.7 Å². The van der Waals surface area contributed by atoms with Crippen molar-refractivity contribution in [2.75, 3.05) is 0 Å². The smallest absolute Gasteiger partial charge is 0.0547 e. The van der Waals surface area contributed by atoms with Gasteiger partial charge in [-0.2, -0.15) is 6.07 Å². The molecular formula is C31H38SiZr-. The van der Waals surface area contributed by atoms with E-state index in [-0.39, 0.29) is 35.0 Å². The summed E-state index contributed by atoms with van der Waals surface area (Å²) in [6, 6.07) is 15.9. The van der Waals surface area contributed by atoms with Crippen molar-refractivity contribution >= 4 is 19.6 Å². The van der Waals surface area contributed by atoms with Crippen LogP contribution in [-0.2, 0) is 39.0 Å². The van der Waals surface area contributed by atoms with Gasteiger partial charge in [0, 0.05) is 26.2 Å². The van der Waals surface area contributed by atoms with E-state index >= 15 is 0 Å². The van der Waals surface area contributed by atoms with Gasteiger partial charge in [0.15, 0.2) is 0 Å². The Kier molecular flexibility index (Phi) is 8.34. The van der Waals surface area contributed by atoms with E-state index in [2.05, 4.69) is 97.1 Å². The predicted octanol–water partition coefficient (Wildman–Crippen LogP) is 9.13. The summed E-state index contributed by atoms with van der Waals surface area (Å²) in [5, 5.41) is 2.86. The Morgan fingerprint density at radius 2 is 1.48 bits per heavy atom. The number of fused-ring (bicyclic) bond motifs is 2. The molecule has 0 bridgehead atoms. The van der Waals surface area contributed by atoms with E-state index in [0.29, 0.717) is 0 Å². The van der Waals surface area contributed by atoms with Crippen LogP contribution in [0.2, 0.25) is 18.6 Å². The van der Waals surface area contributed by atoms with Gasteiger partial charge in [-0.15, -0.1) is 28.5 Å². The number of allylic oxidation sites excluding steroid dienone is 4. The second-order valence-electron chi connectivity index (χ2n) is 10.2. The van der Waals surface area contributed by atoms with E-state index in [0.717, 1.165) is 5.54 Å². The van der Waals surface area contributed by atoms with E-state index in [1.54, 1.807) is 33.4 Å². The molecule has 0 saturated carbocycles. The fourth-order valence-corrected chi connectivity index (χ4v) is 8.12. The number of rotatable bonds is 2. The van der Waals surface area contributed by atoms with Gasteiger partial charge in [0.1, 0.15) is 0 Å². The zero-order chi connectivity index (χ0) is 23.2. The summed E-state index contributed by atoms with van der Waals surface area (Å²) in [6.45, 7) is 18.4. The van der Waals surface area contributed by atoms with Crippen molar-refractivity contribution in [1.82, 2.24) is 0 Å². The fourth-order valence-electron chi connectivity index (χ4n) is 5.95. The monoisotopic (exact) mass is 528 g/mol. The van der Waals surface area contributed by atoms with Gasteiger partial charge in [0.2, 0.25) is 0 Å². The first kappa shape index (κ1) is 26.2. The van der Waals surface area contributed by atoms with Crippen molar-refractivity contribution in [3.8, 4) is 11.1 Å². The minimum atomic E-state index is -0.190. The minimum absolute atomic E-state index is 0. The SMILES string of the molecule is CC1=C(C)C([Si](C)C)C(C)=C1C.Cc1cc2c(-c3ccccc3C)c3c(cc2[cH-]1)CCC3.[Zr]. The van der Waals surface area contributed by atoms with Crippen molar-refractivity contribution in [2.45, 2.75) is 79.4 Å². The Labute approximate surface area is 222 Å². The summed E-state index contributed by atoms with van der Waals surface area (Å²) >= 11 is 0. The van der Waals surface area contributed by atoms with Crippen molar-refractivity contribution in [2.24, 2.45) is 0 Å². The molecule has 3 aromatic carbocycles. The van der Waals surface area contributed by atoms with Gasteiger partial charge in [-0.1, -0.05) is 72.1 Å². The van der Waals surface area contributed by atoms with Crippen molar-refractivity contribution in [1.29, 1.82) is 0 Å². The Bertz CT molecular complexity index is 1210. The molecule has 0 saturated heterocycles. The summed E-state index contributed by atoms with van der Waals surface area (Å²) < 4.78 is 0. The third-order valence-corrected chi connectivity index (χ3v) is 9.85. The largest absolute Gasteiger partial charge is 0.165 e. The van der Waals surface area contributed by atoms with Gasteiger partial charge in [0.25, 0.3) is 0 Å². The third kappa shape index (κ3) is 4.89. The van der Waals surface area contributed by atoms with Gasteiger partial charge in [-0.25, -0.2) is 0 Å². The summed E-state index contributed by atoms with van der Waals surface area (Å²) in [5.74, 6) is 0. The Hall–Kier alpha value is -1.37. The summed E-state index contributed by atoms with van der Waals surface area (Å²) in [6.07, 6.45) is 3.79. The normalized spacial score (nSPS) is 15.8. The molecule has 0 heterocycles. The van der Waals surface area contributed by atoms with Gasteiger partial charge in [0.05, 0.1) is 8.80 Å². The van der Waals surface area contributed by atoms with Crippen LogP contribution in [0.1, 0.15) is 56.4 Å². The summed E-state index contributed by atoms with van der Waals surface area (Å²) in [7, 11) is -0.190. The Morgan fingerprint density at radius 1 is 0.848 bits per heavy atom. The fraction of sp³-hybridized carbons (Fsp3) is 0.387. The van der Waals surface area contributed by atoms with E-state index in [1.807, 2.05) is 0 Å². The molecular weight excluding hydrogens is 492 g/mol. The molecule has 2 aliphatic rings. The van der Waals surface area contributed by atoms with Crippen LogP contribution in [0.25, 0.3) is 21.9 Å². The average molecular weight is 530 g/mol. The van der Waals surface area contributed by atoms with Crippen molar-refractivity contribution < 1.29 is 26.2 Å². The van der Waals surface area contributed by atoms with Crippen LogP contribution in [0.5, 0.6) is 0 Å². The zero-order valence-electron chi connectivity index (χ0n) is 21.7. The standard InChI is InChI=1S/C20H19.C11H19Si.Zr/c1-13-10-16-12-15-7-5-9-18(15)20(19(16)11-13)17-8-4-3-6-14(17)2;1-7-8(2)10(4)11(9(7)3)12(5)6;/h3-4,6,8,10-12H,5,7,9H2,1-2H3;11H,1-6H3;/q-1;;. The van der Waals surface area contributed by atoms with Crippen LogP contribution in [0.15, 0.2) is 64.8 Å². The van der Waals surface area contributed by atoms with Crippen LogP contribution < -0.4 is 0 Å². The maximum Gasteiger partial charge on any atom is 0.0547 e. The molecule has 0 spiro atoms. The molecule has 171 valence electrons. The molecule has 0 amide bonds. The predicted molar refractivity (Wildman–Crippen MR) is 144 cm³/mol. The first-order chi connectivity index (χ1) is 15.2. The van der Waals surface area contributed by atoms with Crippen LogP contribution in [0.3, 0.4) is 0 Å². The van der Waals surface area contributed by atoms with E-state index in [4.69, 9.17) is 0 Å². The molecule has 0 aromatic heterocycles. The van der Waals surface area contributed by atoms with Crippen molar-refractivity contribution in [3.05, 3.63) is 87.0 Å². The van der Waals surface area contributed by atoms with Gasteiger partial charge in [-0.3, -0.25) is 0 Å². The molecule has 5 rings (SSSR count). The van der Waals surface area contributed by atoms with Gasteiger partial charge >= 0.3 is 0 Å². The molecule has 0 N–H and O–H groups in total. The zero-order valence-corrected chi connectivity index (χ0v) is 25.2.